The lowest BCUT2D eigenvalue weighted by atomic mass is 9.78. The molecule has 20 heavy (non-hydrogen) atoms. The smallest absolute Gasteiger partial charge is 0.399 e. The van der Waals surface area contributed by atoms with E-state index in [1.165, 1.54) is 0 Å². The van der Waals surface area contributed by atoms with E-state index in [-0.39, 0.29) is 5.41 Å². The number of pyridine rings is 1. The molecule has 0 bridgehead atoms. The predicted molar refractivity (Wildman–Crippen MR) is 76.5 cm³/mol. The van der Waals surface area contributed by atoms with Gasteiger partial charge >= 0.3 is 7.12 Å². The molecule has 3 rings (SSSR count). The number of hydrogen-bond donors (Lipinski definition) is 0. The standard InChI is InChI=1S/C15H21BFNO2/c1-13(2)14(3,4)20-16(19-13)11-8-10(9-18-12(11)17)15(5)6-7-15/h8-9H,6-7H2,1-5H3. The first-order valence-electron chi connectivity index (χ1n) is 7.16. The van der Waals surface area contributed by atoms with Crippen LogP contribution in [0.4, 0.5) is 4.39 Å². The van der Waals surface area contributed by atoms with Crippen molar-refractivity contribution in [1.29, 1.82) is 0 Å². The monoisotopic (exact) mass is 277 g/mol. The minimum absolute atomic E-state index is 0.152. The van der Waals surface area contributed by atoms with Crippen LogP contribution >= 0.6 is 0 Å². The summed E-state index contributed by atoms with van der Waals surface area (Å²) in [5, 5.41) is 0. The Hall–Kier alpha value is -0.935. The van der Waals surface area contributed by atoms with Crippen LogP contribution in [-0.2, 0) is 14.7 Å². The third kappa shape index (κ3) is 2.08. The number of aromatic nitrogens is 1. The summed E-state index contributed by atoms with van der Waals surface area (Å²) < 4.78 is 25.9. The molecule has 1 aliphatic heterocycles. The first-order valence-corrected chi connectivity index (χ1v) is 7.16. The molecule has 2 heterocycles. The van der Waals surface area contributed by atoms with Crippen molar-refractivity contribution >= 4 is 12.6 Å². The second-order valence-corrected chi connectivity index (χ2v) is 7.25. The van der Waals surface area contributed by atoms with Crippen LogP contribution in [0.5, 0.6) is 0 Å². The molecule has 0 N–H and O–H groups in total. The van der Waals surface area contributed by atoms with E-state index in [0.29, 0.717) is 5.46 Å². The molecule has 0 unspecified atom stereocenters. The maximum atomic E-state index is 14.1. The second kappa shape index (κ2) is 4.04. The highest BCUT2D eigenvalue weighted by Crippen LogP contribution is 2.47. The average molecular weight is 277 g/mol. The van der Waals surface area contributed by atoms with Crippen LogP contribution in [0.2, 0.25) is 0 Å². The van der Waals surface area contributed by atoms with Crippen LogP contribution in [0.15, 0.2) is 12.3 Å². The van der Waals surface area contributed by atoms with E-state index >= 15 is 0 Å². The summed E-state index contributed by atoms with van der Waals surface area (Å²) in [6.07, 6.45) is 3.89. The van der Waals surface area contributed by atoms with Gasteiger partial charge in [0.15, 0.2) is 0 Å². The molecule has 1 saturated heterocycles. The SMILES string of the molecule is CC1(c2cnc(F)c(B3OC(C)(C)C(C)(C)O3)c2)CC1. The lowest BCUT2D eigenvalue weighted by Gasteiger charge is -2.32. The number of rotatable bonds is 2. The molecule has 1 aromatic heterocycles. The van der Waals surface area contributed by atoms with Crippen LogP contribution < -0.4 is 5.46 Å². The highest BCUT2D eigenvalue weighted by atomic mass is 19.1. The summed E-state index contributed by atoms with van der Waals surface area (Å²) in [5.41, 5.74) is 0.699. The molecular weight excluding hydrogens is 256 g/mol. The fourth-order valence-corrected chi connectivity index (χ4v) is 2.41. The number of nitrogens with zero attached hydrogens (tertiary/aromatic N) is 1. The summed E-state index contributed by atoms with van der Waals surface area (Å²) in [7, 11) is -0.685. The zero-order valence-corrected chi connectivity index (χ0v) is 12.8. The Morgan fingerprint density at radius 2 is 1.65 bits per heavy atom. The molecule has 2 aliphatic rings. The molecule has 2 fully saturated rings. The van der Waals surface area contributed by atoms with E-state index in [1.54, 1.807) is 6.20 Å². The van der Waals surface area contributed by atoms with E-state index in [4.69, 9.17) is 9.31 Å². The maximum absolute atomic E-state index is 14.1. The molecule has 0 radical (unpaired) electrons. The Balaban J connectivity index is 1.95. The van der Waals surface area contributed by atoms with Gasteiger partial charge in [-0.15, -0.1) is 0 Å². The largest absolute Gasteiger partial charge is 0.499 e. The first-order chi connectivity index (χ1) is 9.15. The first kappa shape index (κ1) is 14.0. The van der Waals surface area contributed by atoms with Crippen molar-refractivity contribution in [2.45, 2.75) is 64.1 Å². The van der Waals surface area contributed by atoms with Crippen molar-refractivity contribution < 1.29 is 13.7 Å². The van der Waals surface area contributed by atoms with Crippen LogP contribution in [0, 0.1) is 5.95 Å². The summed E-state index contributed by atoms with van der Waals surface area (Å²) in [6.45, 7) is 10.0. The molecule has 1 aromatic rings. The average Bonchev–Trinajstić information content (AvgIpc) is 3.02. The molecule has 0 spiro atoms. The van der Waals surface area contributed by atoms with Gasteiger partial charge in [-0.1, -0.05) is 13.0 Å². The molecule has 0 atom stereocenters. The Labute approximate surface area is 120 Å². The van der Waals surface area contributed by atoms with Gasteiger partial charge in [-0.2, -0.15) is 4.39 Å². The molecule has 1 aliphatic carbocycles. The van der Waals surface area contributed by atoms with E-state index in [9.17, 15) is 4.39 Å². The van der Waals surface area contributed by atoms with Gasteiger partial charge in [0, 0.05) is 11.7 Å². The molecule has 0 amide bonds. The topological polar surface area (TPSA) is 31.4 Å². The van der Waals surface area contributed by atoms with E-state index in [0.717, 1.165) is 18.4 Å². The zero-order valence-electron chi connectivity index (χ0n) is 12.8. The molecule has 5 heteroatoms. The third-order valence-electron chi connectivity index (χ3n) is 5.07. The van der Waals surface area contributed by atoms with Gasteiger partial charge in [0.05, 0.1) is 11.2 Å². The summed E-state index contributed by atoms with van der Waals surface area (Å²) in [4.78, 5) is 3.90. The maximum Gasteiger partial charge on any atom is 0.499 e. The lowest BCUT2D eigenvalue weighted by Crippen LogP contribution is -2.41. The third-order valence-corrected chi connectivity index (χ3v) is 5.07. The molecule has 1 saturated carbocycles. The van der Waals surface area contributed by atoms with Crippen molar-refractivity contribution in [2.24, 2.45) is 0 Å². The quantitative estimate of drug-likeness (QED) is 0.615. The van der Waals surface area contributed by atoms with Gasteiger partial charge in [-0.25, -0.2) is 4.98 Å². The predicted octanol–water partition coefficient (Wildman–Crippen LogP) is 2.57. The summed E-state index contributed by atoms with van der Waals surface area (Å²) >= 11 is 0. The lowest BCUT2D eigenvalue weighted by molar-refractivity contribution is 0.00578. The minimum Gasteiger partial charge on any atom is -0.399 e. The Bertz CT molecular complexity index is 539. The van der Waals surface area contributed by atoms with Crippen molar-refractivity contribution in [2.75, 3.05) is 0 Å². The van der Waals surface area contributed by atoms with Gasteiger partial charge in [-0.3, -0.25) is 0 Å². The van der Waals surface area contributed by atoms with Gasteiger partial charge in [0.2, 0.25) is 5.95 Å². The van der Waals surface area contributed by atoms with Crippen LogP contribution in [0.3, 0.4) is 0 Å². The van der Waals surface area contributed by atoms with Crippen molar-refractivity contribution in [1.82, 2.24) is 4.98 Å². The zero-order chi connectivity index (χ0) is 14.8. The highest BCUT2D eigenvalue weighted by molar-refractivity contribution is 6.62. The molecule has 3 nitrogen and oxygen atoms in total. The fraction of sp³-hybridized carbons (Fsp3) is 0.667. The second-order valence-electron chi connectivity index (χ2n) is 7.25. The van der Waals surface area contributed by atoms with E-state index in [2.05, 4.69) is 11.9 Å². The van der Waals surface area contributed by atoms with Gasteiger partial charge < -0.3 is 9.31 Å². The van der Waals surface area contributed by atoms with Crippen LogP contribution in [-0.4, -0.2) is 23.3 Å². The summed E-state index contributed by atoms with van der Waals surface area (Å²) in [5.74, 6) is -0.503. The molecular formula is C15H21BFNO2. The van der Waals surface area contributed by atoms with Crippen molar-refractivity contribution in [3.05, 3.63) is 23.8 Å². The van der Waals surface area contributed by atoms with E-state index < -0.39 is 24.3 Å². The Kier molecular flexibility index (Phi) is 2.84. The Morgan fingerprint density at radius 1 is 1.10 bits per heavy atom. The van der Waals surface area contributed by atoms with E-state index in [1.807, 2.05) is 33.8 Å². The van der Waals surface area contributed by atoms with Gasteiger partial charge in [-0.05, 0) is 51.5 Å². The molecule has 0 aromatic carbocycles. The van der Waals surface area contributed by atoms with Crippen LogP contribution in [0.1, 0.15) is 53.0 Å². The van der Waals surface area contributed by atoms with Crippen molar-refractivity contribution in [3.8, 4) is 0 Å². The summed E-state index contributed by atoms with van der Waals surface area (Å²) in [6, 6.07) is 1.86. The van der Waals surface area contributed by atoms with Crippen molar-refractivity contribution in [3.63, 3.8) is 0 Å². The minimum atomic E-state index is -0.685. The normalized spacial score (nSPS) is 25.8. The van der Waals surface area contributed by atoms with Gasteiger partial charge in [0.1, 0.15) is 0 Å². The molecule has 108 valence electrons. The number of hydrogen-bond acceptors (Lipinski definition) is 3. The highest BCUT2D eigenvalue weighted by Gasteiger charge is 2.53. The number of halogens is 1. The van der Waals surface area contributed by atoms with Crippen LogP contribution in [0.25, 0.3) is 0 Å². The Morgan fingerprint density at radius 3 is 2.15 bits per heavy atom. The van der Waals surface area contributed by atoms with Gasteiger partial charge in [0.25, 0.3) is 0 Å². The fourth-order valence-electron chi connectivity index (χ4n) is 2.41.